The van der Waals surface area contributed by atoms with E-state index in [1.807, 2.05) is 0 Å². The molecule has 1 heterocycles. The van der Waals surface area contributed by atoms with Crippen LogP contribution in [0.1, 0.15) is 52.0 Å². The summed E-state index contributed by atoms with van der Waals surface area (Å²) >= 11 is 0. The number of hydrogen-bond donors (Lipinski definition) is 4. The van der Waals surface area contributed by atoms with Gasteiger partial charge in [-0.15, -0.1) is 0 Å². The molecule has 1 aromatic heterocycles. The first-order valence-electron chi connectivity index (χ1n) is 8.61. The first-order valence-corrected chi connectivity index (χ1v) is 8.61. The van der Waals surface area contributed by atoms with Crippen LogP contribution in [-0.2, 0) is 11.3 Å². The number of pyridine rings is 1. The Labute approximate surface area is 154 Å². The van der Waals surface area contributed by atoms with Crippen LogP contribution >= 0.6 is 0 Å². The number of carboxylic acid groups (broad SMARTS) is 2. The Morgan fingerprint density at radius 3 is 2.44 bits per heavy atom. The number of anilines is 1. The SMILES string of the molecule is Nc1[nH]c(=O)c(C(=O)O)c(-c2cccc(COC3CCCC3)c2)c1C(=O)O. The standard InChI is InChI=1S/C19H20N2O6/c20-16-14(18(23)24)13(15(19(25)26)17(22)21-16)11-5-3-4-10(8-11)9-27-12-6-1-2-7-12/h3-5,8,12H,1-2,6-7,9H2,(H,23,24)(H,25,26)(H3,20,21,22). The molecule has 5 N–H and O–H groups in total. The summed E-state index contributed by atoms with van der Waals surface area (Å²) in [5, 5.41) is 18.9. The third kappa shape index (κ3) is 3.85. The predicted octanol–water partition coefficient (Wildman–Crippen LogP) is 2.48. The fraction of sp³-hybridized carbons (Fsp3) is 0.316. The molecule has 27 heavy (non-hydrogen) atoms. The average molecular weight is 372 g/mol. The summed E-state index contributed by atoms with van der Waals surface area (Å²) < 4.78 is 5.86. The number of aromatic amines is 1. The summed E-state index contributed by atoms with van der Waals surface area (Å²) in [6.07, 6.45) is 4.50. The van der Waals surface area contributed by atoms with Crippen molar-refractivity contribution >= 4 is 17.8 Å². The maximum atomic E-state index is 12.1. The van der Waals surface area contributed by atoms with Crippen LogP contribution < -0.4 is 11.3 Å². The third-order valence-corrected chi connectivity index (χ3v) is 4.68. The van der Waals surface area contributed by atoms with Crippen molar-refractivity contribution < 1.29 is 24.5 Å². The van der Waals surface area contributed by atoms with Crippen molar-refractivity contribution in [2.24, 2.45) is 0 Å². The van der Waals surface area contributed by atoms with Crippen molar-refractivity contribution in [2.45, 2.75) is 38.4 Å². The largest absolute Gasteiger partial charge is 0.478 e. The van der Waals surface area contributed by atoms with E-state index in [-0.39, 0.29) is 23.0 Å². The first-order chi connectivity index (χ1) is 12.9. The maximum absolute atomic E-state index is 12.1. The van der Waals surface area contributed by atoms with E-state index in [1.165, 1.54) is 0 Å². The van der Waals surface area contributed by atoms with E-state index in [0.717, 1.165) is 31.2 Å². The zero-order valence-electron chi connectivity index (χ0n) is 14.5. The molecule has 2 aromatic rings. The third-order valence-electron chi connectivity index (χ3n) is 4.68. The first kappa shape index (κ1) is 18.7. The highest BCUT2D eigenvalue weighted by Crippen LogP contribution is 2.30. The number of nitrogen functional groups attached to an aromatic ring is 1. The van der Waals surface area contributed by atoms with Gasteiger partial charge in [0.1, 0.15) is 16.9 Å². The average Bonchev–Trinajstić information content (AvgIpc) is 3.12. The lowest BCUT2D eigenvalue weighted by Gasteiger charge is -2.14. The number of H-pyrrole nitrogens is 1. The minimum Gasteiger partial charge on any atom is -0.478 e. The van der Waals surface area contributed by atoms with E-state index >= 15 is 0 Å². The topological polar surface area (TPSA) is 143 Å². The minimum atomic E-state index is -1.53. The van der Waals surface area contributed by atoms with Gasteiger partial charge < -0.3 is 25.7 Å². The van der Waals surface area contributed by atoms with Crippen molar-refractivity contribution in [1.29, 1.82) is 0 Å². The highest BCUT2D eigenvalue weighted by Gasteiger charge is 2.26. The van der Waals surface area contributed by atoms with Crippen molar-refractivity contribution in [3.8, 4) is 11.1 Å². The summed E-state index contributed by atoms with van der Waals surface area (Å²) in [7, 11) is 0. The lowest BCUT2D eigenvalue weighted by Crippen LogP contribution is -2.24. The molecule has 0 saturated heterocycles. The molecule has 1 aliphatic rings. The van der Waals surface area contributed by atoms with Crippen LogP contribution in [0, 0.1) is 0 Å². The van der Waals surface area contributed by atoms with Gasteiger partial charge in [-0.2, -0.15) is 0 Å². The monoisotopic (exact) mass is 372 g/mol. The molecule has 0 bridgehead atoms. The van der Waals surface area contributed by atoms with Crippen molar-refractivity contribution in [3.63, 3.8) is 0 Å². The molecule has 0 atom stereocenters. The van der Waals surface area contributed by atoms with E-state index in [4.69, 9.17) is 10.5 Å². The number of hydrogen-bond acceptors (Lipinski definition) is 5. The molecular weight excluding hydrogens is 352 g/mol. The van der Waals surface area contributed by atoms with Crippen LogP contribution in [0.2, 0.25) is 0 Å². The highest BCUT2D eigenvalue weighted by molar-refractivity contribution is 6.07. The van der Waals surface area contributed by atoms with Crippen LogP contribution in [0.3, 0.4) is 0 Å². The predicted molar refractivity (Wildman–Crippen MR) is 97.9 cm³/mol. The highest BCUT2D eigenvalue weighted by atomic mass is 16.5. The number of rotatable bonds is 6. The fourth-order valence-corrected chi connectivity index (χ4v) is 3.42. The van der Waals surface area contributed by atoms with Crippen LogP contribution in [0.5, 0.6) is 0 Å². The molecule has 1 fully saturated rings. The number of nitrogens with one attached hydrogen (secondary N) is 1. The Hall–Kier alpha value is -3.13. The maximum Gasteiger partial charge on any atom is 0.342 e. The van der Waals surface area contributed by atoms with Gasteiger partial charge in [0.2, 0.25) is 0 Å². The van der Waals surface area contributed by atoms with E-state index < -0.39 is 28.6 Å². The molecule has 0 aliphatic heterocycles. The van der Waals surface area contributed by atoms with Crippen molar-refractivity contribution in [1.82, 2.24) is 4.98 Å². The molecule has 8 nitrogen and oxygen atoms in total. The summed E-state index contributed by atoms with van der Waals surface area (Å²) in [4.78, 5) is 37.5. The van der Waals surface area contributed by atoms with Crippen molar-refractivity contribution in [2.75, 3.05) is 5.73 Å². The summed E-state index contributed by atoms with van der Waals surface area (Å²) in [6.45, 7) is 0.321. The lowest BCUT2D eigenvalue weighted by atomic mass is 9.94. The second kappa shape index (κ2) is 7.63. The molecular formula is C19H20N2O6. The molecule has 0 spiro atoms. The quantitative estimate of drug-likeness (QED) is 0.610. The smallest absolute Gasteiger partial charge is 0.342 e. The Balaban J connectivity index is 2.07. The van der Waals surface area contributed by atoms with E-state index in [0.29, 0.717) is 6.61 Å². The van der Waals surface area contributed by atoms with E-state index in [9.17, 15) is 24.6 Å². The minimum absolute atomic E-state index is 0.202. The normalized spacial score (nSPS) is 14.4. The summed E-state index contributed by atoms with van der Waals surface area (Å²) in [6, 6.07) is 6.64. The zero-order valence-corrected chi connectivity index (χ0v) is 14.5. The van der Waals surface area contributed by atoms with E-state index in [2.05, 4.69) is 4.98 Å². The van der Waals surface area contributed by atoms with Crippen molar-refractivity contribution in [3.05, 3.63) is 51.3 Å². The summed E-state index contributed by atoms with van der Waals surface area (Å²) in [5.74, 6) is -3.34. The zero-order chi connectivity index (χ0) is 19.6. The second-order valence-corrected chi connectivity index (χ2v) is 6.52. The number of nitrogens with two attached hydrogens (primary N) is 1. The molecule has 142 valence electrons. The van der Waals surface area contributed by atoms with Crippen LogP contribution in [0.4, 0.5) is 5.82 Å². The van der Waals surface area contributed by atoms with E-state index in [1.54, 1.807) is 24.3 Å². The van der Waals surface area contributed by atoms with Crippen LogP contribution in [0.15, 0.2) is 29.1 Å². The molecule has 1 aromatic carbocycles. The van der Waals surface area contributed by atoms with Crippen LogP contribution in [-0.4, -0.2) is 33.2 Å². The van der Waals surface area contributed by atoms with Gasteiger partial charge in [-0.1, -0.05) is 31.0 Å². The van der Waals surface area contributed by atoms with Gasteiger partial charge in [0, 0.05) is 5.56 Å². The van der Waals surface area contributed by atoms with Gasteiger partial charge in [0.05, 0.1) is 12.7 Å². The summed E-state index contributed by atoms with van der Waals surface area (Å²) in [5.41, 5.74) is 4.44. The molecule has 0 radical (unpaired) electrons. The van der Waals surface area contributed by atoms with Gasteiger partial charge in [-0.3, -0.25) is 4.79 Å². The Morgan fingerprint density at radius 1 is 1.15 bits per heavy atom. The van der Waals surface area contributed by atoms with Gasteiger partial charge in [0.25, 0.3) is 5.56 Å². The van der Waals surface area contributed by atoms with Gasteiger partial charge in [0.15, 0.2) is 0 Å². The molecule has 8 heteroatoms. The van der Waals surface area contributed by atoms with Gasteiger partial charge in [-0.05, 0) is 30.0 Å². The number of carboxylic acids is 2. The molecule has 1 aliphatic carbocycles. The number of ether oxygens (including phenoxy) is 1. The number of carbonyl (C=O) groups is 2. The van der Waals surface area contributed by atoms with Gasteiger partial charge >= 0.3 is 11.9 Å². The number of aromatic nitrogens is 1. The Morgan fingerprint density at radius 2 is 1.81 bits per heavy atom. The molecule has 3 rings (SSSR count). The van der Waals surface area contributed by atoms with Gasteiger partial charge in [-0.25, -0.2) is 9.59 Å². The Kier molecular flexibility index (Phi) is 5.27. The molecule has 1 saturated carbocycles. The Bertz CT molecular complexity index is 944. The fourth-order valence-electron chi connectivity index (χ4n) is 3.42. The number of benzene rings is 1. The second-order valence-electron chi connectivity index (χ2n) is 6.52. The molecule has 0 amide bonds. The van der Waals surface area contributed by atoms with Crippen LogP contribution in [0.25, 0.3) is 11.1 Å². The lowest BCUT2D eigenvalue weighted by molar-refractivity contribution is 0.0457. The number of aromatic carboxylic acids is 2. The molecule has 0 unspecified atom stereocenters.